The van der Waals surface area contributed by atoms with E-state index in [9.17, 15) is 4.79 Å². The second-order valence-corrected chi connectivity index (χ2v) is 10.9. The van der Waals surface area contributed by atoms with Gasteiger partial charge in [0.25, 0.3) is 0 Å². The Bertz CT molecular complexity index is 372. The molecule has 0 aliphatic heterocycles. The van der Waals surface area contributed by atoms with Crippen molar-refractivity contribution in [3.05, 3.63) is 0 Å². The van der Waals surface area contributed by atoms with Crippen molar-refractivity contribution in [3.8, 4) is 0 Å². The van der Waals surface area contributed by atoms with Gasteiger partial charge in [0.1, 0.15) is 0 Å². The molecule has 0 spiro atoms. The summed E-state index contributed by atoms with van der Waals surface area (Å²) in [6, 6.07) is 0. The fourth-order valence-electron chi connectivity index (χ4n) is 4.51. The van der Waals surface area contributed by atoms with Gasteiger partial charge in [-0.2, -0.15) is 0 Å². The molecule has 0 rings (SSSR count). The normalized spacial score (nSPS) is 11.2. The van der Waals surface area contributed by atoms with E-state index in [1.54, 1.807) is 0 Å². The first-order valence-electron chi connectivity index (χ1n) is 15.0. The fourth-order valence-corrected chi connectivity index (χ4v) is 4.91. The van der Waals surface area contributed by atoms with Crippen LogP contribution in [-0.2, 0) is 9.53 Å². The van der Waals surface area contributed by atoms with Crippen LogP contribution in [0.25, 0.3) is 0 Å². The highest BCUT2D eigenvalue weighted by Gasteiger charge is 2.02. The summed E-state index contributed by atoms with van der Waals surface area (Å²) < 4.78 is 5.40. The zero-order valence-electron chi connectivity index (χ0n) is 22.5. The van der Waals surface area contributed by atoms with Gasteiger partial charge in [0.05, 0.1) is 6.61 Å². The second kappa shape index (κ2) is 30.0. The van der Waals surface area contributed by atoms with Crippen LogP contribution in [0.3, 0.4) is 0 Å². The Morgan fingerprint density at radius 1 is 0.485 bits per heavy atom. The first-order valence-corrected chi connectivity index (χ1v) is 16.1. The van der Waals surface area contributed by atoms with E-state index >= 15 is 0 Å². The number of halogens is 1. The SMILES string of the molecule is CCCCCCCCCCCCCCCCCC(=O)OCCCCCCCCCCCCBr. The maximum Gasteiger partial charge on any atom is 0.305 e. The molecule has 0 unspecified atom stereocenters. The van der Waals surface area contributed by atoms with Crippen LogP contribution in [0.4, 0.5) is 0 Å². The Morgan fingerprint density at radius 3 is 1.21 bits per heavy atom. The van der Waals surface area contributed by atoms with Crippen LogP contribution < -0.4 is 0 Å². The molecule has 198 valence electrons. The van der Waals surface area contributed by atoms with Gasteiger partial charge in [-0.15, -0.1) is 0 Å². The minimum Gasteiger partial charge on any atom is -0.466 e. The predicted octanol–water partition coefficient (Wildman–Crippen LogP) is 11.1. The van der Waals surface area contributed by atoms with Crippen LogP contribution in [0, 0.1) is 0 Å². The molecule has 0 saturated heterocycles. The van der Waals surface area contributed by atoms with Gasteiger partial charge in [-0.3, -0.25) is 4.79 Å². The lowest BCUT2D eigenvalue weighted by Gasteiger charge is -2.06. The van der Waals surface area contributed by atoms with E-state index in [1.165, 1.54) is 148 Å². The monoisotopic (exact) mass is 530 g/mol. The van der Waals surface area contributed by atoms with Gasteiger partial charge >= 0.3 is 5.97 Å². The van der Waals surface area contributed by atoms with Crippen LogP contribution in [-0.4, -0.2) is 17.9 Å². The molecule has 0 fully saturated rings. The van der Waals surface area contributed by atoms with Crippen LogP contribution >= 0.6 is 15.9 Å². The Kier molecular flexibility index (Phi) is 29.9. The van der Waals surface area contributed by atoms with Crippen LogP contribution in [0.5, 0.6) is 0 Å². The Hall–Kier alpha value is -0.0500. The summed E-state index contributed by atoms with van der Waals surface area (Å²) >= 11 is 3.49. The maximum atomic E-state index is 11.8. The molecule has 0 N–H and O–H groups in total. The van der Waals surface area contributed by atoms with Gasteiger partial charge in [-0.25, -0.2) is 0 Å². The average molecular weight is 532 g/mol. The zero-order valence-corrected chi connectivity index (χ0v) is 24.1. The molecule has 0 aromatic rings. The smallest absolute Gasteiger partial charge is 0.305 e. The van der Waals surface area contributed by atoms with E-state index < -0.39 is 0 Å². The number of carbonyl (C=O) groups is 1. The summed E-state index contributed by atoms with van der Waals surface area (Å²) in [5.74, 6) is 0.0215. The first kappa shape index (κ1) is 33.0. The third-order valence-corrected chi connectivity index (χ3v) is 7.34. The van der Waals surface area contributed by atoms with Crippen molar-refractivity contribution in [1.82, 2.24) is 0 Å². The summed E-state index contributed by atoms with van der Waals surface area (Å²) in [4.78, 5) is 11.8. The maximum absolute atomic E-state index is 11.8. The summed E-state index contributed by atoms with van der Waals surface area (Å²) in [5, 5.41) is 1.15. The van der Waals surface area contributed by atoms with E-state index in [0.717, 1.165) is 18.2 Å². The molecule has 0 bridgehead atoms. The van der Waals surface area contributed by atoms with Crippen molar-refractivity contribution in [3.63, 3.8) is 0 Å². The summed E-state index contributed by atoms with van der Waals surface area (Å²) in [5.41, 5.74) is 0. The first-order chi connectivity index (χ1) is 16.3. The van der Waals surface area contributed by atoms with E-state index in [1.807, 2.05) is 0 Å². The van der Waals surface area contributed by atoms with E-state index in [0.29, 0.717) is 13.0 Å². The Morgan fingerprint density at radius 2 is 0.818 bits per heavy atom. The highest BCUT2D eigenvalue weighted by Crippen LogP contribution is 2.14. The molecule has 0 aromatic carbocycles. The molecule has 0 aliphatic carbocycles. The molecule has 3 heteroatoms. The topological polar surface area (TPSA) is 26.3 Å². The summed E-state index contributed by atoms with van der Waals surface area (Å²) in [6.45, 7) is 2.92. The Balaban J connectivity index is 3.13. The minimum atomic E-state index is 0.0215. The van der Waals surface area contributed by atoms with Crippen molar-refractivity contribution in [2.24, 2.45) is 0 Å². The molecule has 2 nitrogen and oxygen atoms in total. The van der Waals surface area contributed by atoms with Crippen molar-refractivity contribution < 1.29 is 9.53 Å². The highest BCUT2D eigenvalue weighted by molar-refractivity contribution is 9.09. The van der Waals surface area contributed by atoms with Gasteiger partial charge < -0.3 is 4.74 Å². The molecular weight excluding hydrogens is 472 g/mol. The van der Waals surface area contributed by atoms with Crippen molar-refractivity contribution in [2.45, 2.75) is 174 Å². The van der Waals surface area contributed by atoms with Crippen molar-refractivity contribution in [2.75, 3.05) is 11.9 Å². The lowest BCUT2D eigenvalue weighted by molar-refractivity contribution is -0.143. The van der Waals surface area contributed by atoms with Crippen LogP contribution in [0.15, 0.2) is 0 Å². The van der Waals surface area contributed by atoms with Gasteiger partial charge in [-0.05, 0) is 19.3 Å². The molecule has 0 aromatic heterocycles. The number of rotatable bonds is 28. The Labute approximate surface area is 216 Å². The number of hydrogen-bond acceptors (Lipinski definition) is 2. The van der Waals surface area contributed by atoms with Gasteiger partial charge in [0, 0.05) is 11.8 Å². The quantitative estimate of drug-likeness (QED) is 0.0570. The molecule has 0 amide bonds. The number of unbranched alkanes of at least 4 members (excludes halogenated alkanes) is 23. The zero-order chi connectivity index (χ0) is 24.1. The minimum absolute atomic E-state index is 0.0215. The molecule has 33 heavy (non-hydrogen) atoms. The lowest BCUT2D eigenvalue weighted by Crippen LogP contribution is -2.05. The number of carbonyl (C=O) groups excluding carboxylic acids is 1. The number of esters is 1. The van der Waals surface area contributed by atoms with E-state index in [4.69, 9.17) is 4.74 Å². The van der Waals surface area contributed by atoms with Crippen LogP contribution in [0.1, 0.15) is 174 Å². The largest absolute Gasteiger partial charge is 0.466 e. The lowest BCUT2D eigenvalue weighted by atomic mass is 10.0. The number of hydrogen-bond donors (Lipinski definition) is 0. The number of alkyl halides is 1. The van der Waals surface area contributed by atoms with E-state index in [2.05, 4.69) is 22.9 Å². The molecule has 0 atom stereocenters. The van der Waals surface area contributed by atoms with Gasteiger partial charge in [-0.1, -0.05) is 164 Å². The third kappa shape index (κ3) is 29.9. The highest BCUT2D eigenvalue weighted by atomic mass is 79.9. The van der Waals surface area contributed by atoms with Crippen molar-refractivity contribution >= 4 is 21.9 Å². The summed E-state index contributed by atoms with van der Waals surface area (Å²) in [6.07, 6.45) is 34.1. The molecule has 0 aliphatic rings. The second-order valence-electron chi connectivity index (χ2n) is 10.1. The molecular formula is C30H59BrO2. The molecule has 0 heterocycles. The molecule has 0 saturated carbocycles. The third-order valence-electron chi connectivity index (χ3n) is 6.78. The standard InChI is InChI=1S/C30H59BrO2/c1-2-3-4-5-6-7-8-9-10-11-12-15-18-21-24-27-30(32)33-29-26-23-20-17-14-13-16-19-22-25-28-31/h2-29H2,1H3. The number of ether oxygens (including phenoxy) is 1. The van der Waals surface area contributed by atoms with Gasteiger partial charge in [0.15, 0.2) is 0 Å². The van der Waals surface area contributed by atoms with Gasteiger partial charge in [0.2, 0.25) is 0 Å². The molecule has 0 radical (unpaired) electrons. The van der Waals surface area contributed by atoms with E-state index in [-0.39, 0.29) is 5.97 Å². The summed E-state index contributed by atoms with van der Waals surface area (Å²) in [7, 11) is 0. The fraction of sp³-hybridized carbons (Fsp3) is 0.967. The average Bonchev–Trinajstić information content (AvgIpc) is 2.82. The van der Waals surface area contributed by atoms with Crippen molar-refractivity contribution in [1.29, 1.82) is 0 Å². The predicted molar refractivity (Wildman–Crippen MR) is 150 cm³/mol. The van der Waals surface area contributed by atoms with Crippen LogP contribution in [0.2, 0.25) is 0 Å².